The van der Waals surface area contributed by atoms with Gasteiger partial charge in [-0.05, 0) is 12.0 Å². The van der Waals surface area contributed by atoms with E-state index >= 15 is 0 Å². The van der Waals surface area contributed by atoms with Crippen LogP contribution in [0.15, 0.2) is 23.1 Å². The minimum absolute atomic E-state index is 0.137. The second kappa shape index (κ2) is 5.75. The van der Waals surface area contributed by atoms with Crippen LogP contribution >= 0.6 is 11.8 Å². The Hall–Kier alpha value is -1.23. The lowest BCUT2D eigenvalue weighted by atomic mass is 10.3. The predicted octanol–water partition coefficient (Wildman–Crippen LogP) is 3.38. The number of non-ortho nitro benzene ring substituents is 1. The van der Waals surface area contributed by atoms with Gasteiger partial charge in [0.15, 0.2) is 0 Å². The zero-order valence-corrected chi connectivity index (χ0v) is 10.5. The number of nitro benzene ring substituents is 1. The second-order valence-electron chi connectivity index (χ2n) is 3.93. The van der Waals surface area contributed by atoms with Crippen molar-refractivity contribution in [1.29, 1.82) is 0 Å². The molecule has 0 heterocycles. The molecule has 5 heteroatoms. The van der Waals surface area contributed by atoms with Crippen LogP contribution in [0.1, 0.15) is 13.8 Å². The topological polar surface area (TPSA) is 55.2 Å². The first-order valence-corrected chi connectivity index (χ1v) is 6.11. The Kier molecular flexibility index (Phi) is 4.61. The van der Waals surface area contributed by atoms with E-state index in [0.717, 1.165) is 16.3 Å². The van der Waals surface area contributed by atoms with Crippen molar-refractivity contribution in [1.82, 2.24) is 0 Å². The van der Waals surface area contributed by atoms with Crippen molar-refractivity contribution in [3.63, 3.8) is 0 Å². The summed E-state index contributed by atoms with van der Waals surface area (Å²) >= 11 is 1.65. The van der Waals surface area contributed by atoms with Gasteiger partial charge < -0.3 is 5.32 Å². The van der Waals surface area contributed by atoms with Crippen LogP contribution < -0.4 is 5.32 Å². The summed E-state index contributed by atoms with van der Waals surface area (Å²) in [5.74, 6) is 1.53. The maximum Gasteiger partial charge on any atom is 0.272 e. The average molecular weight is 240 g/mol. The zero-order chi connectivity index (χ0) is 12.1. The number of thioether (sulfide) groups is 1. The van der Waals surface area contributed by atoms with Crippen molar-refractivity contribution >= 4 is 23.1 Å². The summed E-state index contributed by atoms with van der Waals surface area (Å²) in [5, 5.41) is 13.7. The van der Waals surface area contributed by atoms with Gasteiger partial charge in [0.25, 0.3) is 5.69 Å². The van der Waals surface area contributed by atoms with Gasteiger partial charge >= 0.3 is 0 Å². The molecular formula is C11H16N2O2S. The molecule has 0 spiro atoms. The Bertz CT molecular complexity index is 380. The van der Waals surface area contributed by atoms with Gasteiger partial charge in [0.2, 0.25) is 0 Å². The molecule has 0 fully saturated rings. The summed E-state index contributed by atoms with van der Waals surface area (Å²) in [7, 11) is 1.76. The number of benzene rings is 1. The van der Waals surface area contributed by atoms with Gasteiger partial charge in [-0.1, -0.05) is 13.8 Å². The molecule has 88 valence electrons. The molecule has 0 bridgehead atoms. The fourth-order valence-electron chi connectivity index (χ4n) is 1.18. The molecule has 0 aliphatic heterocycles. The number of nitrogens with zero attached hydrogens (tertiary/aromatic N) is 1. The number of hydrogen-bond donors (Lipinski definition) is 1. The van der Waals surface area contributed by atoms with Gasteiger partial charge in [-0.15, -0.1) is 11.8 Å². The molecule has 0 aromatic heterocycles. The third-order valence-corrected chi connectivity index (χ3v) is 3.38. The van der Waals surface area contributed by atoms with E-state index in [1.54, 1.807) is 30.9 Å². The van der Waals surface area contributed by atoms with Gasteiger partial charge in [-0.2, -0.15) is 0 Å². The molecule has 16 heavy (non-hydrogen) atoms. The molecule has 0 radical (unpaired) electrons. The first-order valence-electron chi connectivity index (χ1n) is 5.13. The van der Waals surface area contributed by atoms with Crippen LogP contribution in [0.3, 0.4) is 0 Å². The Balaban J connectivity index is 2.90. The highest BCUT2D eigenvalue weighted by molar-refractivity contribution is 7.99. The van der Waals surface area contributed by atoms with Crippen molar-refractivity contribution in [2.24, 2.45) is 5.92 Å². The lowest BCUT2D eigenvalue weighted by molar-refractivity contribution is -0.385. The largest absolute Gasteiger partial charge is 0.388 e. The fraction of sp³-hybridized carbons (Fsp3) is 0.455. The Morgan fingerprint density at radius 2 is 2.12 bits per heavy atom. The predicted molar refractivity (Wildman–Crippen MR) is 68.2 cm³/mol. The van der Waals surface area contributed by atoms with E-state index in [1.165, 1.54) is 0 Å². The van der Waals surface area contributed by atoms with Crippen LogP contribution in [0.4, 0.5) is 11.4 Å². The highest BCUT2D eigenvalue weighted by atomic mass is 32.2. The minimum Gasteiger partial charge on any atom is -0.388 e. The fourth-order valence-corrected chi connectivity index (χ4v) is 2.12. The van der Waals surface area contributed by atoms with Crippen LogP contribution in [-0.2, 0) is 0 Å². The van der Waals surface area contributed by atoms with E-state index in [9.17, 15) is 10.1 Å². The van der Waals surface area contributed by atoms with E-state index in [4.69, 9.17) is 0 Å². The summed E-state index contributed by atoms with van der Waals surface area (Å²) in [6.45, 7) is 4.26. The molecule has 1 aromatic rings. The monoisotopic (exact) mass is 240 g/mol. The van der Waals surface area contributed by atoms with E-state index in [-0.39, 0.29) is 10.6 Å². The average Bonchev–Trinajstić information content (AvgIpc) is 2.25. The molecule has 1 aromatic carbocycles. The third kappa shape index (κ3) is 3.73. The van der Waals surface area contributed by atoms with Gasteiger partial charge in [-0.25, -0.2) is 0 Å². The van der Waals surface area contributed by atoms with E-state index < -0.39 is 0 Å². The Morgan fingerprint density at radius 1 is 1.44 bits per heavy atom. The zero-order valence-electron chi connectivity index (χ0n) is 9.69. The van der Waals surface area contributed by atoms with Crippen molar-refractivity contribution in [2.45, 2.75) is 18.7 Å². The molecule has 0 atom stereocenters. The number of rotatable bonds is 5. The van der Waals surface area contributed by atoms with Crippen molar-refractivity contribution in [3.05, 3.63) is 28.3 Å². The van der Waals surface area contributed by atoms with E-state index in [1.807, 2.05) is 6.07 Å². The first-order chi connectivity index (χ1) is 7.52. The smallest absolute Gasteiger partial charge is 0.272 e. The number of anilines is 1. The SMILES string of the molecule is CNc1cc(SCC(C)C)cc([N+](=O)[O-])c1. The highest BCUT2D eigenvalue weighted by Crippen LogP contribution is 2.28. The molecule has 0 aliphatic rings. The maximum atomic E-state index is 10.7. The molecule has 0 saturated carbocycles. The summed E-state index contributed by atoms with van der Waals surface area (Å²) < 4.78 is 0. The molecular weight excluding hydrogens is 224 g/mol. The summed E-state index contributed by atoms with van der Waals surface area (Å²) in [6.07, 6.45) is 0. The molecule has 0 amide bonds. The molecule has 1 N–H and O–H groups in total. The van der Waals surface area contributed by atoms with Crippen LogP contribution in [0.2, 0.25) is 0 Å². The minimum atomic E-state index is -0.361. The second-order valence-corrected chi connectivity index (χ2v) is 5.02. The Morgan fingerprint density at radius 3 is 2.62 bits per heavy atom. The summed E-state index contributed by atoms with van der Waals surface area (Å²) in [5.41, 5.74) is 0.915. The Labute approximate surface area is 99.6 Å². The van der Waals surface area contributed by atoms with Crippen molar-refractivity contribution in [3.8, 4) is 0 Å². The highest BCUT2D eigenvalue weighted by Gasteiger charge is 2.09. The summed E-state index contributed by atoms with van der Waals surface area (Å²) in [6, 6.07) is 5.09. The van der Waals surface area contributed by atoms with E-state index in [2.05, 4.69) is 19.2 Å². The van der Waals surface area contributed by atoms with Crippen LogP contribution in [0.5, 0.6) is 0 Å². The summed E-state index contributed by atoms with van der Waals surface area (Å²) in [4.78, 5) is 11.3. The van der Waals surface area contributed by atoms with Gasteiger partial charge in [0.05, 0.1) is 4.92 Å². The van der Waals surface area contributed by atoms with Crippen molar-refractivity contribution < 1.29 is 4.92 Å². The van der Waals surface area contributed by atoms with Gasteiger partial charge in [0.1, 0.15) is 0 Å². The molecule has 0 saturated heterocycles. The quantitative estimate of drug-likeness (QED) is 0.487. The number of nitrogens with one attached hydrogen (secondary N) is 1. The molecule has 0 unspecified atom stereocenters. The molecule has 1 rings (SSSR count). The van der Waals surface area contributed by atoms with Crippen LogP contribution in [-0.4, -0.2) is 17.7 Å². The first kappa shape index (κ1) is 12.8. The lowest BCUT2D eigenvalue weighted by Gasteiger charge is -2.07. The van der Waals surface area contributed by atoms with Crippen molar-refractivity contribution in [2.75, 3.05) is 18.1 Å². The van der Waals surface area contributed by atoms with Gasteiger partial charge in [0, 0.05) is 35.5 Å². The number of hydrogen-bond acceptors (Lipinski definition) is 4. The third-order valence-electron chi connectivity index (χ3n) is 1.97. The maximum absolute atomic E-state index is 10.7. The standard InChI is InChI=1S/C11H16N2O2S/c1-8(2)7-16-11-5-9(12-3)4-10(6-11)13(14)15/h4-6,8,12H,7H2,1-3H3. The molecule has 0 aliphatic carbocycles. The normalized spacial score (nSPS) is 10.5. The number of nitro groups is 1. The molecule has 4 nitrogen and oxygen atoms in total. The lowest BCUT2D eigenvalue weighted by Crippen LogP contribution is -1.95. The van der Waals surface area contributed by atoms with E-state index in [0.29, 0.717) is 5.92 Å². The van der Waals surface area contributed by atoms with Crippen LogP contribution in [0, 0.1) is 16.0 Å². The van der Waals surface area contributed by atoms with Gasteiger partial charge in [-0.3, -0.25) is 10.1 Å². The van der Waals surface area contributed by atoms with Crippen LogP contribution in [0.25, 0.3) is 0 Å².